The molecule has 0 saturated carbocycles. The molecule has 0 bridgehead atoms. The maximum absolute atomic E-state index is 6.12. The van der Waals surface area contributed by atoms with Gasteiger partial charge < -0.3 is 10.5 Å². The number of anilines is 1. The Balaban J connectivity index is 1.96. The molecule has 0 saturated heterocycles. The lowest BCUT2D eigenvalue weighted by Crippen LogP contribution is -2.50. The Morgan fingerprint density at radius 1 is 1.26 bits per heavy atom. The number of hydrogen-bond acceptors (Lipinski definition) is 7. The minimum Gasteiger partial charge on any atom is -0.467 e. The molecule has 0 spiro atoms. The van der Waals surface area contributed by atoms with Gasteiger partial charge in [-0.2, -0.15) is 4.98 Å². The summed E-state index contributed by atoms with van der Waals surface area (Å²) in [6, 6.07) is 6.17. The predicted octanol–water partition coefficient (Wildman–Crippen LogP) is 1.22. The molecule has 0 amide bonds. The molecule has 2 aliphatic heterocycles. The van der Waals surface area contributed by atoms with Crippen molar-refractivity contribution in [1.29, 1.82) is 0 Å². The van der Waals surface area contributed by atoms with Crippen molar-refractivity contribution in [3.05, 3.63) is 54.1 Å². The molecular formula is C16H16N6O. The van der Waals surface area contributed by atoms with Crippen molar-refractivity contribution in [3.63, 3.8) is 0 Å². The number of fused-ring (bicyclic) bond motifs is 3. The standard InChI is InChI=1S/C16H16N6O/c1-16(11-5-8-20-15(21-11)23-2)10-4-3-7-18-13(10)22-12(16)6-9-19-14(22)17/h3-9,12H,1-2H3,(H2,17,19). The van der Waals surface area contributed by atoms with Gasteiger partial charge in [-0.15, -0.1) is 0 Å². The first kappa shape index (κ1) is 13.7. The monoisotopic (exact) mass is 308 g/mol. The van der Waals surface area contributed by atoms with Crippen LogP contribution >= 0.6 is 0 Å². The van der Waals surface area contributed by atoms with E-state index >= 15 is 0 Å². The number of aliphatic imine (C=N–C) groups is 1. The number of rotatable bonds is 2. The molecule has 2 aromatic heterocycles. The smallest absolute Gasteiger partial charge is 0.316 e. The first-order valence-electron chi connectivity index (χ1n) is 7.28. The zero-order valence-corrected chi connectivity index (χ0v) is 12.8. The van der Waals surface area contributed by atoms with Crippen LogP contribution in [0.3, 0.4) is 0 Å². The summed E-state index contributed by atoms with van der Waals surface area (Å²) in [5.41, 5.74) is 7.59. The van der Waals surface area contributed by atoms with E-state index in [0.29, 0.717) is 12.0 Å². The van der Waals surface area contributed by atoms with Crippen molar-refractivity contribution in [2.24, 2.45) is 10.7 Å². The van der Waals surface area contributed by atoms with Crippen LogP contribution in [0.2, 0.25) is 0 Å². The number of nitrogens with zero attached hydrogens (tertiary/aromatic N) is 5. The highest BCUT2D eigenvalue weighted by atomic mass is 16.5. The minimum atomic E-state index is -0.434. The van der Waals surface area contributed by atoms with Gasteiger partial charge in [0, 0.05) is 24.2 Å². The van der Waals surface area contributed by atoms with E-state index in [-0.39, 0.29) is 6.04 Å². The molecule has 116 valence electrons. The van der Waals surface area contributed by atoms with Crippen LogP contribution in [0.5, 0.6) is 6.01 Å². The minimum absolute atomic E-state index is 0.0514. The van der Waals surface area contributed by atoms with Crippen molar-refractivity contribution >= 4 is 11.8 Å². The Labute approximate surface area is 133 Å². The van der Waals surface area contributed by atoms with Crippen molar-refractivity contribution in [2.45, 2.75) is 18.4 Å². The molecule has 2 atom stereocenters. The molecule has 23 heavy (non-hydrogen) atoms. The van der Waals surface area contributed by atoms with Gasteiger partial charge in [0.15, 0.2) is 0 Å². The van der Waals surface area contributed by atoms with Gasteiger partial charge in [0.1, 0.15) is 5.82 Å². The average Bonchev–Trinajstić information content (AvgIpc) is 2.87. The summed E-state index contributed by atoms with van der Waals surface area (Å²) in [4.78, 5) is 19.3. The zero-order chi connectivity index (χ0) is 16.0. The highest BCUT2D eigenvalue weighted by molar-refractivity contribution is 5.99. The Bertz CT molecular complexity index is 833. The molecule has 7 nitrogen and oxygen atoms in total. The molecule has 4 heterocycles. The number of guanidine groups is 1. The zero-order valence-electron chi connectivity index (χ0n) is 12.8. The summed E-state index contributed by atoms with van der Waals surface area (Å²) in [5.74, 6) is 1.24. The van der Waals surface area contributed by atoms with E-state index in [1.54, 1.807) is 25.7 Å². The van der Waals surface area contributed by atoms with Gasteiger partial charge in [-0.05, 0) is 25.1 Å². The van der Waals surface area contributed by atoms with E-state index in [9.17, 15) is 0 Å². The Morgan fingerprint density at radius 2 is 2.13 bits per heavy atom. The third kappa shape index (κ3) is 1.76. The van der Waals surface area contributed by atoms with E-state index in [4.69, 9.17) is 10.5 Å². The van der Waals surface area contributed by atoms with Crippen LogP contribution in [0.1, 0.15) is 18.2 Å². The quantitative estimate of drug-likeness (QED) is 0.897. The van der Waals surface area contributed by atoms with E-state index in [1.165, 1.54) is 0 Å². The molecule has 0 aliphatic carbocycles. The van der Waals surface area contributed by atoms with Crippen LogP contribution in [0.25, 0.3) is 0 Å². The van der Waals surface area contributed by atoms with Crippen LogP contribution in [0, 0.1) is 0 Å². The third-order valence-electron chi connectivity index (χ3n) is 4.51. The van der Waals surface area contributed by atoms with E-state index in [0.717, 1.165) is 17.1 Å². The Hall–Kier alpha value is -2.96. The summed E-state index contributed by atoms with van der Waals surface area (Å²) in [7, 11) is 1.56. The summed E-state index contributed by atoms with van der Waals surface area (Å²) >= 11 is 0. The normalized spacial score (nSPS) is 24.9. The predicted molar refractivity (Wildman–Crippen MR) is 86.3 cm³/mol. The lowest BCUT2D eigenvalue weighted by Gasteiger charge is -2.34. The van der Waals surface area contributed by atoms with Gasteiger partial charge in [0.2, 0.25) is 5.96 Å². The third-order valence-corrected chi connectivity index (χ3v) is 4.51. The van der Waals surface area contributed by atoms with Gasteiger partial charge in [0.05, 0.1) is 24.3 Å². The molecule has 7 heteroatoms. The van der Waals surface area contributed by atoms with Gasteiger partial charge in [-0.25, -0.2) is 15.0 Å². The Morgan fingerprint density at radius 3 is 2.96 bits per heavy atom. The number of nitrogens with two attached hydrogens (primary N) is 1. The number of pyridine rings is 1. The van der Waals surface area contributed by atoms with Crippen LogP contribution in [0.4, 0.5) is 5.82 Å². The van der Waals surface area contributed by atoms with Crippen molar-refractivity contribution in [3.8, 4) is 6.01 Å². The van der Waals surface area contributed by atoms with Crippen molar-refractivity contribution < 1.29 is 4.74 Å². The fraction of sp³-hybridized carbons (Fsp3) is 0.250. The van der Waals surface area contributed by atoms with E-state index in [2.05, 4.69) is 32.9 Å². The second-order valence-corrected chi connectivity index (χ2v) is 5.65. The maximum Gasteiger partial charge on any atom is 0.316 e. The van der Waals surface area contributed by atoms with Crippen LogP contribution in [-0.4, -0.2) is 34.1 Å². The lowest BCUT2D eigenvalue weighted by molar-refractivity contribution is 0.373. The number of aromatic nitrogens is 3. The largest absolute Gasteiger partial charge is 0.467 e. The topological polar surface area (TPSA) is 89.5 Å². The van der Waals surface area contributed by atoms with Gasteiger partial charge in [-0.1, -0.05) is 6.07 Å². The maximum atomic E-state index is 6.12. The molecule has 2 N–H and O–H groups in total. The lowest BCUT2D eigenvalue weighted by atomic mass is 9.75. The SMILES string of the molecule is COc1nccc(C2(C)c3cccnc3N3C(N)=NC=CC32)n1. The molecule has 0 fully saturated rings. The summed E-state index contributed by atoms with van der Waals surface area (Å²) in [6.45, 7) is 2.13. The van der Waals surface area contributed by atoms with Crippen LogP contribution < -0.4 is 15.4 Å². The first-order valence-corrected chi connectivity index (χ1v) is 7.28. The number of methoxy groups -OCH3 is 1. The molecule has 0 radical (unpaired) electrons. The van der Waals surface area contributed by atoms with Crippen molar-refractivity contribution in [2.75, 3.05) is 12.0 Å². The molecule has 0 aromatic carbocycles. The first-order chi connectivity index (χ1) is 11.2. The van der Waals surface area contributed by atoms with Crippen LogP contribution in [-0.2, 0) is 5.41 Å². The van der Waals surface area contributed by atoms with Gasteiger partial charge >= 0.3 is 6.01 Å². The second-order valence-electron chi connectivity index (χ2n) is 5.65. The van der Waals surface area contributed by atoms with E-state index < -0.39 is 5.41 Å². The number of hydrogen-bond donors (Lipinski definition) is 1. The molecule has 2 aromatic rings. The van der Waals surface area contributed by atoms with E-state index in [1.807, 2.05) is 23.1 Å². The van der Waals surface area contributed by atoms with Crippen LogP contribution in [0.15, 0.2) is 47.9 Å². The fourth-order valence-corrected chi connectivity index (χ4v) is 3.35. The summed E-state index contributed by atoms with van der Waals surface area (Å²) in [6.07, 6.45) is 7.22. The van der Waals surface area contributed by atoms with Gasteiger partial charge in [-0.3, -0.25) is 4.90 Å². The second kappa shape index (κ2) is 4.77. The molecular weight excluding hydrogens is 292 g/mol. The summed E-state index contributed by atoms with van der Waals surface area (Å²) < 4.78 is 5.19. The summed E-state index contributed by atoms with van der Waals surface area (Å²) in [5, 5.41) is 0. The highest BCUT2D eigenvalue weighted by Gasteiger charge is 2.51. The molecule has 2 aliphatic rings. The van der Waals surface area contributed by atoms with Gasteiger partial charge in [0.25, 0.3) is 0 Å². The highest BCUT2D eigenvalue weighted by Crippen LogP contribution is 2.48. The fourth-order valence-electron chi connectivity index (χ4n) is 3.35. The molecule has 2 unspecified atom stereocenters. The average molecular weight is 308 g/mol. The van der Waals surface area contributed by atoms with Crippen molar-refractivity contribution in [1.82, 2.24) is 15.0 Å². The Kier molecular flexibility index (Phi) is 2.84. The molecule has 4 rings (SSSR count). The number of ether oxygens (including phenoxy) is 1.